The van der Waals surface area contributed by atoms with Crippen LogP contribution in [0, 0.1) is 11.8 Å². The standard InChI is InChI=1S/C31H40Cl2N4O4S/c1-42-18-13-27(31(40)41)35-29(38)24-6-8-28(34-20-24)36-14-9-21(10-15-36)3-2-4-22-11-16-37(17-12-22)30(39)23-5-7-25(32)26(33)19-23/h5-8,19-22,27H,2-4,9-18H2,1H3,(H,35,38)(H,40,41). The number of nitrogens with one attached hydrogen (secondary N) is 1. The van der Waals surface area contributed by atoms with Crippen molar-refractivity contribution in [2.45, 2.75) is 57.4 Å². The number of likely N-dealkylation sites (tertiary alicyclic amines) is 1. The zero-order valence-corrected chi connectivity index (χ0v) is 26.4. The zero-order chi connectivity index (χ0) is 30.1. The van der Waals surface area contributed by atoms with Crippen molar-refractivity contribution in [1.29, 1.82) is 0 Å². The van der Waals surface area contributed by atoms with Gasteiger partial charge in [-0.3, -0.25) is 9.59 Å². The van der Waals surface area contributed by atoms with Gasteiger partial charge in [-0.2, -0.15) is 11.8 Å². The number of hydrogen-bond donors (Lipinski definition) is 2. The Balaban J connectivity index is 1.14. The minimum absolute atomic E-state index is 0.0275. The highest BCUT2D eigenvalue weighted by molar-refractivity contribution is 7.98. The molecule has 42 heavy (non-hydrogen) atoms. The molecule has 228 valence electrons. The van der Waals surface area contributed by atoms with E-state index < -0.39 is 17.9 Å². The second kappa shape index (κ2) is 15.8. The van der Waals surface area contributed by atoms with E-state index >= 15 is 0 Å². The molecule has 2 aliphatic rings. The molecule has 3 heterocycles. The molecule has 0 spiro atoms. The maximum absolute atomic E-state index is 12.8. The van der Waals surface area contributed by atoms with E-state index in [1.807, 2.05) is 17.2 Å². The fraction of sp³-hybridized carbons (Fsp3) is 0.548. The molecule has 1 aromatic heterocycles. The second-order valence-electron chi connectivity index (χ2n) is 11.3. The molecule has 1 atom stereocenters. The minimum Gasteiger partial charge on any atom is -0.480 e. The molecule has 0 bridgehead atoms. The van der Waals surface area contributed by atoms with Crippen LogP contribution in [0.3, 0.4) is 0 Å². The van der Waals surface area contributed by atoms with Gasteiger partial charge in [-0.25, -0.2) is 9.78 Å². The average Bonchev–Trinajstić information content (AvgIpc) is 3.01. The molecule has 1 unspecified atom stereocenters. The minimum atomic E-state index is -1.02. The number of carbonyl (C=O) groups excluding carboxylic acids is 2. The molecule has 8 nitrogen and oxygen atoms in total. The van der Waals surface area contributed by atoms with E-state index in [0.717, 1.165) is 57.7 Å². The van der Waals surface area contributed by atoms with Crippen LogP contribution >= 0.6 is 35.0 Å². The molecule has 2 fully saturated rings. The van der Waals surface area contributed by atoms with Crippen LogP contribution in [-0.2, 0) is 4.79 Å². The van der Waals surface area contributed by atoms with Crippen molar-refractivity contribution in [2.75, 3.05) is 43.1 Å². The van der Waals surface area contributed by atoms with Crippen molar-refractivity contribution in [1.82, 2.24) is 15.2 Å². The first-order chi connectivity index (χ1) is 20.2. The summed E-state index contributed by atoms with van der Waals surface area (Å²) in [5.41, 5.74) is 0.963. The van der Waals surface area contributed by atoms with Crippen LogP contribution in [0.1, 0.15) is 72.1 Å². The summed E-state index contributed by atoms with van der Waals surface area (Å²) in [6.07, 6.45) is 11.8. The number of nitrogens with zero attached hydrogens (tertiary/aromatic N) is 3. The van der Waals surface area contributed by atoms with Gasteiger partial charge in [-0.15, -0.1) is 0 Å². The van der Waals surface area contributed by atoms with Crippen LogP contribution in [0.2, 0.25) is 10.0 Å². The van der Waals surface area contributed by atoms with Crippen molar-refractivity contribution in [3.63, 3.8) is 0 Å². The molecule has 2 amide bonds. The number of anilines is 1. The Bertz CT molecular complexity index is 1220. The van der Waals surface area contributed by atoms with Gasteiger partial charge in [0, 0.05) is 37.9 Å². The monoisotopic (exact) mass is 634 g/mol. The molecular weight excluding hydrogens is 595 g/mol. The number of hydrogen-bond acceptors (Lipinski definition) is 6. The third-order valence-corrected chi connectivity index (χ3v) is 9.84. The summed E-state index contributed by atoms with van der Waals surface area (Å²) in [6.45, 7) is 3.45. The van der Waals surface area contributed by atoms with Gasteiger partial charge in [0.1, 0.15) is 11.9 Å². The Hall–Kier alpha value is -2.49. The first-order valence-electron chi connectivity index (χ1n) is 14.7. The third kappa shape index (κ3) is 9.01. The number of aliphatic carboxylic acids is 1. The van der Waals surface area contributed by atoms with E-state index in [-0.39, 0.29) is 5.91 Å². The number of piperidine rings is 2. The number of benzene rings is 1. The van der Waals surface area contributed by atoms with Crippen LogP contribution in [-0.4, -0.2) is 77.0 Å². The zero-order valence-electron chi connectivity index (χ0n) is 24.1. The maximum Gasteiger partial charge on any atom is 0.326 e. The highest BCUT2D eigenvalue weighted by Crippen LogP contribution is 2.30. The molecule has 0 saturated carbocycles. The van der Waals surface area contributed by atoms with Gasteiger partial charge < -0.3 is 20.2 Å². The quantitative estimate of drug-likeness (QED) is 0.284. The lowest BCUT2D eigenvalue weighted by Gasteiger charge is -2.34. The summed E-state index contributed by atoms with van der Waals surface area (Å²) in [4.78, 5) is 45.5. The molecular formula is C31H40Cl2N4O4S. The van der Waals surface area contributed by atoms with Gasteiger partial charge in [0.2, 0.25) is 0 Å². The van der Waals surface area contributed by atoms with Gasteiger partial charge in [0.15, 0.2) is 0 Å². The van der Waals surface area contributed by atoms with Crippen LogP contribution in [0.5, 0.6) is 0 Å². The van der Waals surface area contributed by atoms with E-state index in [0.29, 0.717) is 45.2 Å². The van der Waals surface area contributed by atoms with Crippen LogP contribution in [0.4, 0.5) is 5.82 Å². The van der Waals surface area contributed by atoms with Crippen LogP contribution in [0.15, 0.2) is 36.5 Å². The van der Waals surface area contributed by atoms with Gasteiger partial charge >= 0.3 is 5.97 Å². The molecule has 1 aromatic carbocycles. The highest BCUT2D eigenvalue weighted by Gasteiger charge is 2.26. The van der Waals surface area contributed by atoms with Crippen LogP contribution < -0.4 is 10.2 Å². The van der Waals surface area contributed by atoms with Crippen molar-refractivity contribution >= 4 is 58.6 Å². The number of carboxylic acid groups (broad SMARTS) is 1. The Morgan fingerprint density at radius 3 is 2.19 bits per heavy atom. The van der Waals surface area contributed by atoms with Gasteiger partial charge in [-0.05, 0) is 86.3 Å². The first-order valence-corrected chi connectivity index (χ1v) is 16.9. The summed E-state index contributed by atoms with van der Waals surface area (Å²) in [5, 5.41) is 12.8. The number of aromatic nitrogens is 1. The SMILES string of the molecule is CSCCC(NC(=O)c1ccc(N2CCC(CCCC3CCN(C(=O)c4ccc(Cl)c(Cl)c4)CC3)CC2)nc1)C(=O)O. The fourth-order valence-electron chi connectivity index (χ4n) is 5.82. The van der Waals surface area contributed by atoms with Crippen molar-refractivity contribution in [3.8, 4) is 0 Å². The van der Waals surface area contributed by atoms with Crippen LogP contribution in [0.25, 0.3) is 0 Å². The molecule has 0 radical (unpaired) electrons. The predicted molar refractivity (Wildman–Crippen MR) is 170 cm³/mol. The summed E-state index contributed by atoms with van der Waals surface area (Å²) in [7, 11) is 0. The number of carbonyl (C=O) groups is 3. The smallest absolute Gasteiger partial charge is 0.326 e. The molecule has 2 N–H and O–H groups in total. The molecule has 11 heteroatoms. The van der Waals surface area contributed by atoms with Crippen molar-refractivity contribution < 1.29 is 19.5 Å². The summed E-state index contributed by atoms with van der Waals surface area (Å²) >= 11 is 13.6. The number of thioether (sulfide) groups is 1. The van der Waals surface area contributed by atoms with Gasteiger partial charge in [0.05, 0.1) is 15.6 Å². The van der Waals surface area contributed by atoms with E-state index in [4.69, 9.17) is 23.2 Å². The normalized spacial score (nSPS) is 17.2. The first kappa shape index (κ1) is 32.4. The summed E-state index contributed by atoms with van der Waals surface area (Å²) in [5.74, 6) is 1.47. The summed E-state index contributed by atoms with van der Waals surface area (Å²) < 4.78 is 0. The number of pyridine rings is 1. The molecule has 4 rings (SSSR count). The Morgan fingerprint density at radius 2 is 1.62 bits per heavy atom. The number of carboxylic acids is 1. The Labute approximate surface area is 262 Å². The number of halogens is 2. The molecule has 2 aliphatic heterocycles. The summed E-state index contributed by atoms with van der Waals surface area (Å²) in [6, 6.07) is 7.75. The van der Waals surface area contributed by atoms with E-state index in [1.165, 1.54) is 25.5 Å². The lowest BCUT2D eigenvalue weighted by atomic mass is 9.86. The van der Waals surface area contributed by atoms with E-state index in [2.05, 4.69) is 15.2 Å². The second-order valence-corrected chi connectivity index (χ2v) is 13.1. The van der Waals surface area contributed by atoms with Gasteiger partial charge in [0.25, 0.3) is 11.8 Å². The topological polar surface area (TPSA) is 103 Å². The molecule has 2 aromatic rings. The number of rotatable bonds is 12. The molecule has 0 aliphatic carbocycles. The predicted octanol–water partition coefficient (Wildman–Crippen LogP) is 6.26. The number of amides is 2. The Morgan fingerprint density at radius 1 is 0.976 bits per heavy atom. The lowest BCUT2D eigenvalue weighted by Crippen LogP contribution is -2.41. The van der Waals surface area contributed by atoms with E-state index in [9.17, 15) is 19.5 Å². The lowest BCUT2D eigenvalue weighted by molar-refractivity contribution is -0.139. The largest absolute Gasteiger partial charge is 0.480 e. The average molecular weight is 636 g/mol. The van der Waals surface area contributed by atoms with Gasteiger partial charge in [-0.1, -0.05) is 42.5 Å². The van der Waals surface area contributed by atoms with Crippen molar-refractivity contribution in [2.24, 2.45) is 11.8 Å². The third-order valence-electron chi connectivity index (χ3n) is 8.46. The maximum atomic E-state index is 12.8. The van der Waals surface area contributed by atoms with Crippen molar-refractivity contribution in [3.05, 3.63) is 57.7 Å². The molecule has 2 saturated heterocycles. The fourth-order valence-corrected chi connectivity index (χ4v) is 6.59. The van der Waals surface area contributed by atoms with E-state index in [1.54, 1.807) is 36.0 Å². The Kier molecular flexibility index (Phi) is 12.2. The highest BCUT2D eigenvalue weighted by atomic mass is 35.5.